The first kappa shape index (κ1) is 29.9. The largest absolute Gasteiger partial charge is 0.448 e. The lowest BCUT2D eigenvalue weighted by molar-refractivity contribution is -0.125. The number of thiazole rings is 1. The van der Waals surface area contributed by atoms with Gasteiger partial charge in [0, 0.05) is 62.5 Å². The van der Waals surface area contributed by atoms with Gasteiger partial charge in [-0.2, -0.15) is 0 Å². The SMILES string of the molecule is Cc1nc(C(=O)N2CCN([C@H]3C[C@@H](C(=O)Nc4nc5ccc(-c6cnc(CO[C@H]7CCC[C@@H]7O)nc6)cc5s4)C3)[C@@H](C)C2)co1. The summed E-state index contributed by atoms with van der Waals surface area (Å²) in [6, 6.07) is 6.50. The van der Waals surface area contributed by atoms with E-state index < -0.39 is 6.10 Å². The minimum absolute atomic E-state index is 0.00438. The van der Waals surface area contributed by atoms with Gasteiger partial charge in [0.25, 0.3) is 5.91 Å². The van der Waals surface area contributed by atoms with Crippen molar-refractivity contribution in [3.05, 3.63) is 54.3 Å². The molecule has 1 saturated heterocycles. The summed E-state index contributed by atoms with van der Waals surface area (Å²) in [5, 5.41) is 13.6. The summed E-state index contributed by atoms with van der Waals surface area (Å²) in [5.74, 6) is 0.925. The molecule has 2 saturated carbocycles. The number of piperazine rings is 1. The van der Waals surface area contributed by atoms with Crippen molar-refractivity contribution < 1.29 is 23.8 Å². The van der Waals surface area contributed by atoms with Crippen LogP contribution < -0.4 is 5.32 Å². The Balaban J connectivity index is 0.904. The molecule has 2 aliphatic carbocycles. The number of aliphatic hydroxyl groups is 1. The zero-order chi connectivity index (χ0) is 31.1. The number of aryl methyl sites for hydroxylation is 1. The molecule has 1 aromatic carbocycles. The number of oxazole rings is 1. The average molecular weight is 632 g/mol. The molecular formula is C32H37N7O5S. The van der Waals surface area contributed by atoms with Gasteiger partial charge in [-0.1, -0.05) is 17.4 Å². The van der Waals surface area contributed by atoms with Gasteiger partial charge in [0.15, 0.2) is 22.5 Å². The normalized spacial score (nSPS) is 25.4. The molecule has 0 unspecified atom stereocenters. The highest BCUT2D eigenvalue weighted by Crippen LogP contribution is 2.36. The molecule has 1 aliphatic heterocycles. The van der Waals surface area contributed by atoms with Crippen LogP contribution in [0.25, 0.3) is 21.3 Å². The highest BCUT2D eigenvalue weighted by atomic mass is 32.1. The van der Waals surface area contributed by atoms with Crippen LogP contribution in [0, 0.1) is 12.8 Å². The number of hydrogen-bond donors (Lipinski definition) is 2. The summed E-state index contributed by atoms with van der Waals surface area (Å²) in [6.07, 6.45) is 8.67. The minimum Gasteiger partial charge on any atom is -0.448 e. The van der Waals surface area contributed by atoms with E-state index in [4.69, 9.17) is 9.15 Å². The maximum absolute atomic E-state index is 13.1. The topological polar surface area (TPSA) is 147 Å². The standard InChI is InChI=1S/C32H37N7O5S/c1-18-15-38(31(42)25-16-43-19(2)35-25)8-9-39(18)23-10-21(11-23)30(41)37-32-36-24-7-6-20(12-28(24)45-32)22-13-33-29(34-14-22)17-44-27-5-3-4-26(27)40/h6-7,12-14,16,18,21,23,26-27,40H,3-5,8-11,15,17H2,1-2H3,(H,36,37,41)/t18-,21-,23+,26-,27-/m0/s1. The molecule has 3 fully saturated rings. The zero-order valence-corrected chi connectivity index (χ0v) is 26.2. The van der Waals surface area contributed by atoms with Crippen LogP contribution in [0.2, 0.25) is 0 Å². The molecule has 4 aromatic rings. The number of fused-ring (bicyclic) bond motifs is 1. The van der Waals surface area contributed by atoms with Crippen molar-refractivity contribution in [2.45, 2.75) is 76.9 Å². The van der Waals surface area contributed by atoms with E-state index in [0.29, 0.717) is 41.7 Å². The van der Waals surface area contributed by atoms with Gasteiger partial charge >= 0.3 is 0 Å². The Bertz CT molecular complexity index is 1680. The van der Waals surface area contributed by atoms with Crippen molar-refractivity contribution in [2.75, 3.05) is 25.0 Å². The number of aliphatic hydroxyl groups excluding tert-OH is 1. The van der Waals surface area contributed by atoms with Crippen LogP contribution >= 0.6 is 11.3 Å². The highest BCUT2D eigenvalue weighted by molar-refractivity contribution is 7.22. The van der Waals surface area contributed by atoms with Gasteiger partial charge in [0.05, 0.1) is 22.4 Å². The maximum Gasteiger partial charge on any atom is 0.275 e. The van der Waals surface area contributed by atoms with Crippen molar-refractivity contribution in [3.63, 3.8) is 0 Å². The molecule has 4 heterocycles. The lowest BCUT2D eigenvalue weighted by atomic mass is 9.78. The molecule has 0 bridgehead atoms. The molecule has 236 valence electrons. The quantitative estimate of drug-likeness (QED) is 0.292. The van der Waals surface area contributed by atoms with E-state index in [-0.39, 0.29) is 36.5 Å². The van der Waals surface area contributed by atoms with E-state index in [1.807, 2.05) is 23.1 Å². The molecule has 3 aromatic heterocycles. The second kappa shape index (κ2) is 12.5. The molecule has 2 amide bonds. The van der Waals surface area contributed by atoms with Crippen molar-refractivity contribution in [1.29, 1.82) is 0 Å². The third kappa shape index (κ3) is 6.35. The van der Waals surface area contributed by atoms with Gasteiger partial charge < -0.3 is 24.5 Å². The number of ether oxygens (including phenoxy) is 1. The Kier molecular flexibility index (Phi) is 8.34. The predicted molar refractivity (Wildman–Crippen MR) is 168 cm³/mol. The number of anilines is 1. The van der Waals surface area contributed by atoms with Crippen LogP contribution in [-0.2, 0) is 16.1 Å². The Hall–Kier alpha value is -3.78. The lowest BCUT2D eigenvalue weighted by Gasteiger charge is -2.49. The predicted octanol–water partition coefficient (Wildman–Crippen LogP) is 4.04. The van der Waals surface area contributed by atoms with Gasteiger partial charge in [-0.25, -0.2) is 19.9 Å². The Labute approximate surface area is 264 Å². The van der Waals surface area contributed by atoms with E-state index in [0.717, 1.165) is 60.0 Å². The van der Waals surface area contributed by atoms with E-state index in [9.17, 15) is 14.7 Å². The van der Waals surface area contributed by atoms with Crippen LogP contribution in [0.1, 0.15) is 61.2 Å². The minimum atomic E-state index is -0.401. The molecule has 45 heavy (non-hydrogen) atoms. The summed E-state index contributed by atoms with van der Waals surface area (Å²) in [7, 11) is 0. The first-order chi connectivity index (χ1) is 21.8. The smallest absolute Gasteiger partial charge is 0.275 e. The van der Waals surface area contributed by atoms with Crippen molar-refractivity contribution in [3.8, 4) is 11.1 Å². The van der Waals surface area contributed by atoms with Crippen LogP contribution in [0.3, 0.4) is 0 Å². The number of hydrogen-bond acceptors (Lipinski definition) is 11. The summed E-state index contributed by atoms with van der Waals surface area (Å²) in [4.78, 5) is 47.8. The van der Waals surface area contributed by atoms with E-state index in [2.05, 4.69) is 37.1 Å². The van der Waals surface area contributed by atoms with Crippen LogP contribution in [-0.4, -0.2) is 90.6 Å². The number of rotatable bonds is 8. The molecular weight excluding hydrogens is 594 g/mol. The first-order valence-electron chi connectivity index (χ1n) is 15.6. The van der Waals surface area contributed by atoms with Gasteiger partial charge in [-0.15, -0.1) is 0 Å². The number of nitrogens with zero attached hydrogens (tertiary/aromatic N) is 6. The van der Waals surface area contributed by atoms with Crippen LogP contribution in [0.15, 0.2) is 41.3 Å². The summed E-state index contributed by atoms with van der Waals surface area (Å²) in [5.41, 5.74) is 3.03. The summed E-state index contributed by atoms with van der Waals surface area (Å²) < 4.78 is 12.0. The second-order valence-corrected chi connectivity index (χ2v) is 13.4. The highest BCUT2D eigenvalue weighted by Gasteiger charge is 2.42. The van der Waals surface area contributed by atoms with Crippen molar-refractivity contribution in [1.82, 2.24) is 29.7 Å². The van der Waals surface area contributed by atoms with E-state index >= 15 is 0 Å². The summed E-state index contributed by atoms with van der Waals surface area (Å²) in [6.45, 7) is 6.17. The van der Waals surface area contributed by atoms with Crippen LogP contribution in [0.4, 0.5) is 5.13 Å². The fraction of sp³-hybridized carbons (Fsp3) is 0.500. The Morgan fingerprint density at radius 2 is 1.96 bits per heavy atom. The summed E-state index contributed by atoms with van der Waals surface area (Å²) >= 11 is 1.46. The number of aromatic nitrogens is 4. The van der Waals surface area contributed by atoms with Gasteiger partial charge in [-0.05, 0) is 56.7 Å². The Morgan fingerprint density at radius 3 is 2.67 bits per heavy atom. The number of carbonyl (C=O) groups is 2. The first-order valence-corrected chi connectivity index (χ1v) is 16.4. The van der Waals surface area contributed by atoms with Crippen molar-refractivity contribution in [2.24, 2.45) is 5.92 Å². The van der Waals surface area contributed by atoms with E-state index in [1.165, 1.54) is 17.6 Å². The number of nitrogens with one attached hydrogen (secondary N) is 1. The monoisotopic (exact) mass is 631 g/mol. The number of benzene rings is 1. The lowest BCUT2D eigenvalue weighted by Crippen LogP contribution is -2.60. The molecule has 7 rings (SSSR count). The number of carbonyl (C=O) groups excluding carboxylic acids is 2. The molecule has 3 atom stereocenters. The maximum atomic E-state index is 13.1. The van der Waals surface area contributed by atoms with E-state index in [1.54, 1.807) is 19.3 Å². The molecule has 2 N–H and O–H groups in total. The molecule has 13 heteroatoms. The van der Waals surface area contributed by atoms with Gasteiger partial charge in [-0.3, -0.25) is 14.5 Å². The molecule has 12 nitrogen and oxygen atoms in total. The third-order valence-electron chi connectivity index (χ3n) is 9.26. The van der Waals surface area contributed by atoms with Gasteiger partial charge in [0.1, 0.15) is 12.9 Å². The van der Waals surface area contributed by atoms with Gasteiger partial charge in [0.2, 0.25) is 5.91 Å². The second-order valence-electron chi connectivity index (χ2n) is 12.3. The fourth-order valence-electron chi connectivity index (χ4n) is 6.62. The third-order valence-corrected chi connectivity index (χ3v) is 10.2. The molecule has 0 radical (unpaired) electrons. The average Bonchev–Trinajstić information content (AvgIpc) is 3.74. The van der Waals surface area contributed by atoms with Crippen LogP contribution in [0.5, 0.6) is 0 Å². The fourth-order valence-corrected chi connectivity index (χ4v) is 7.53. The Morgan fingerprint density at radius 1 is 1.13 bits per heavy atom. The van der Waals surface area contributed by atoms with Crippen molar-refractivity contribution >= 4 is 38.5 Å². The number of amides is 2. The molecule has 3 aliphatic rings. The molecule has 0 spiro atoms. The zero-order valence-electron chi connectivity index (χ0n) is 25.4.